The predicted molar refractivity (Wildman–Crippen MR) is 84.8 cm³/mol. The van der Waals surface area contributed by atoms with Crippen LogP contribution in [0.15, 0.2) is 0 Å². The highest BCUT2D eigenvalue weighted by atomic mass is 15.3. The molecule has 3 nitrogen and oxygen atoms in total. The van der Waals surface area contributed by atoms with E-state index in [1.54, 1.807) is 0 Å². The Balaban J connectivity index is 1.76. The summed E-state index contributed by atoms with van der Waals surface area (Å²) in [5, 5.41) is 0. The lowest BCUT2D eigenvalue weighted by Gasteiger charge is -2.51. The van der Waals surface area contributed by atoms with Crippen molar-refractivity contribution in [1.29, 1.82) is 0 Å². The van der Waals surface area contributed by atoms with E-state index in [1.165, 1.54) is 58.0 Å². The van der Waals surface area contributed by atoms with E-state index in [2.05, 4.69) is 30.7 Å². The summed E-state index contributed by atoms with van der Waals surface area (Å²) in [5.74, 6) is 0. The second-order valence-electron chi connectivity index (χ2n) is 8.39. The van der Waals surface area contributed by atoms with Crippen molar-refractivity contribution in [3.63, 3.8) is 0 Å². The Morgan fingerprint density at radius 3 is 2.30 bits per heavy atom. The molecule has 20 heavy (non-hydrogen) atoms. The Hall–Kier alpha value is -0.120. The smallest absolute Gasteiger partial charge is 0.0361 e. The van der Waals surface area contributed by atoms with Crippen molar-refractivity contribution in [2.75, 3.05) is 26.7 Å². The van der Waals surface area contributed by atoms with Gasteiger partial charge >= 0.3 is 0 Å². The maximum atomic E-state index is 6.33. The minimum Gasteiger partial charge on any atom is -0.329 e. The van der Waals surface area contributed by atoms with Gasteiger partial charge in [0.05, 0.1) is 0 Å². The van der Waals surface area contributed by atoms with Gasteiger partial charge in [-0.1, -0.05) is 13.8 Å². The maximum Gasteiger partial charge on any atom is 0.0361 e. The number of rotatable bonds is 2. The van der Waals surface area contributed by atoms with Crippen molar-refractivity contribution in [3.05, 3.63) is 0 Å². The monoisotopic (exact) mass is 279 g/mol. The van der Waals surface area contributed by atoms with Gasteiger partial charge < -0.3 is 10.6 Å². The summed E-state index contributed by atoms with van der Waals surface area (Å²) in [4.78, 5) is 5.43. The molecule has 3 aliphatic heterocycles. The van der Waals surface area contributed by atoms with E-state index in [0.717, 1.165) is 18.6 Å². The zero-order valence-electron chi connectivity index (χ0n) is 13.7. The molecular formula is C17H33N3. The first-order valence-electron chi connectivity index (χ1n) is 8.63. The van der Waals surface area contributed by atoms with Crippen LogP contribution < -0.4 is 5.73 Å². The number of hydrogen-bond acceptors (Lipinski definition) is 3. The lowest BCUT2D eigenvalue weighted by Crippen LogP contribution is -2.62. The lowest BCUT2D eigenvalue weighted by molar-refractivity contribution is 0.00143. The summed E-state index contributed by atoms with van der Waals surface area (Å²) in [6.07, 6.45) is 9.44. The highest BCUT2D eigenvalue weighted by Gasteiger charge is 2.49. The summed E-state index contributed by atoms with van der Waals surface area (Å²) in [7, 11) is 2.33. The zero-order valence-corrected chi connectivity index (χ0v) is 13.7. The molecule has 3 fully saturated rings. The molecule has 2 bridgehead atoms. The summed E-state index contributed by atoms with van der Waals surface area (Å²) >= 11 is 0. The van der Waals surface area contributed by atoms with Crippen LogP contribution in [0.5, 0.6) is 0 Å². The average Bonchev–Trinajstić information content (AvgIpc) is 2.62. The molecule has 2 N–H and O–H groups in total. The fraction of sp³-hybridized carbons (Fsp3) is 1.00. The summed E-state index contributed by atoms with van der Waals surface area (Å²) in [5.41, 5.74) is 7.15. The second kappa shape index (κ2) is 5.26. The van der Waals surface area contributed by atoms with Crippen LogP contribution in [0, 0.1) is 5.41 Å². The van der Waals surface area contributed by atoms with Gasteiger partial charge in [-0.2, -0.15) is 0 Å². The second-order valence-corrected chi connectivity index (χ2v) is 8.39. The largest absolute Gasteiger partial charge is 0.329 e. The molecule has 0 amide bonds. The molecule has 0 aromatic carbocycles. The minimum atomic E-state index is 0.304. The third-order valence-electron chi connectivity index (χ3n) is 6.61. The van der Waals surface area contributed by atoms with E-state index < -0.39 is 0 Å². The van der Waals surface area contributed by atoms with Crippen LogP contribution >= 0.6 is 0 Å². The first kappa shape index (κ1) is 14.8. The van der Waals surface area contributed by atoms with Crippen molar-refractivity contribution in [2.45, 2.75) is 76.4 Å². The molecular weight excluding hydrogens is 246 g/mol. The minimum absolute atomic E-state index is 0.304. The molecule has 0 aromatic rings. The number of fused-ring (bicyclic) bond motifs is 2. The molecule has 3 heterocycles. The molecule has 0 aliphatic carbocycles. The molecule has 3 saturated heterocycles. The molecule has 3 aliphatic rings. The van der Waals surface area contributed by atoms with Crippen molar-refractivity contribution >= 4 is 0 Å². The van der Waals surface area contributed by atoms with E-state index in [0.29, 0.717) is 11.0 Å². The van der Waals surface area contributed by atoms with E-state index in [9.17, 15) is 0 Å². The van der Waals surface area contributed by atoms with Crippen LogP contribution in [0.25, 0.3) is 0 Å². The average molecular weight is 279 g/mol. The normalized spacial score (nSPS) is 42.6. The molecule has 0 spiro atoms. The van der Waals surface area contributed by atoms with Gasteiger partial charge in [0, 0.05) is 24.2 Å². The van der Waals surface area contributed by atoms with E-state index in [4.69, 9.17) is 5.73 Å². The number of nitrogens with two attached hydrogens (primary N) is 1. The van der Waals surface area contributed by atoms with Gasteiger partial charge in [-0.15, -0.1) is 0 Å². The van der Waals surface area contributed by atoms with E-state index >= 15 is 0 Å². The fourth-order valence-electron chi connectivity index (χ4n) is 4.99. The molecule has 3 heteroatoms. The summed E-state index contributed by atoms with van der Waals surface area (Å²) < 4.78 is 0. The van der Waals surface area contributed by atoms with E-state index in [1.807, 2.05) is 0 Å². The molecule has 3 rings (SSSR count). The standard InChI is InChI=1S/C17H33N3/c1-16(2)7-4-9-20(10-8-16)17(13-18)11-14-5-6-15(12-17)19(14)3/h14-15H,4-13,18H2,1-3H3. The maximum absolute atomic E-state index is 6.33. The molecule has 116 valence electrons. The van der Waals surface area contributed by atoms with Gasteiger partial charge in [0.25, 0.3) is 0 Å². The van der Waals surface area contributed by atoms with Crippen LogP contribution in [0.4, 0.5) is 0 Å². The van der Waals surface area contributed by atoms with Crippen molar-refractivity contribution in [1.82, 2.24) is 9.80 Å². The highest BCUT2D eigenvalue weighted by molar-refractivity contribution is 5.07. The van der Waals surface area contributed by atoms with Gasteiger partial charge in [-0.25, -0.2) is 0 Å². The Labute approximate surface area is 124 Å². The van der Waals surface area contributed by atoms with E-state index in [-0.39, 0.29) is 0 Å². The molecule has 0 saturated carbocycles. The zero-order chi connectivity index (χ0) is 14.4. The highest BCUT2D eigenvalue weighted by Crippen LogP contribution is 2.44. The molecule has 0 aromatic heterocycles. The van der Waals surface area contributed by atoms with Crippen LogP contribution in [0.2, 0.25) is 0 Å². The van der Waals surface area contributed by atoms with Gasteiger partial charge in [-0.05, 0) is 70.5 Å². The molecule has 2 unspecified atom stereocenters. The SMILES string of the molecule is CN1C2CCC1CC(CN)(N1CCCC(C)(C)CC1)C2. The predicted octanol–water partition coefficient (Wildman–Crippen LogP) is 2.45. The van der Waals surface area contributed by atoms with Crippen molar-refractivity contribution in [3.8, 4) is 0 Å². The van der Waals surface area contributed by atoms with Gasteiger partial charge in [0.1, 0.15) is 0 Å². The molecule has 0 radical (unpaired) electrons. The van der Waals surface area contributed by atoms with Gasteiger partial charge in [0.15, 0.2) is 0 Å². The Morgan fingerprint density at radius 1 is 1.05 bits per heavy atom. The number of nitrogens with zero attached hydrogens (tertiary/aromatic N) is 2. The Kier molecular flexibility index (Phi) is 3.89. The Bertz CT molecular complexity index is 338. The lowest BCUT2D eigenvalue weighted by atomic mass is 9.81. The number of piperidine rings is 1. The van der Waals surface area contributed by atoms with Crippen molar-refractivity contribution in [2.24, 2.45) is 11.1 Å². The summed E-state index contributed by atoms with van der Waals surface area (Å²) in [6.45, 7) is 8.25. The molecule has 2 atom stereocenters. The van der Waals surface area contributed by atoms with Crippen LogP contribution in [-0.4, -0.2) is 54.1 Å². The topological polar surface area (TPSA) is 32.5 Å². The third kappa shape index (κ3) is 2.53. The number of hydrogen-bond donors (Lipinski definition) is 1. The van der Waals surface area contributed by atoms with Gasteiger partial charge in [-0.3, -0.25) is 4.90 Å². The van der Waals surface area contributed by atoms with Crippen LogP contribution in [0.3, 0.4) is 0 Å². The van der Waals surface area contributed by atoms with Gasteiger partial charge in [0.2, 0.25) is 0 Å². The number of likely N-dealkylation sites (tertiary alicyclic amines) is 1. The fourth-order valence-corrected chi connectivity index (χ4v) is 4.99. The first-order valence-corrected chi connectivity index (χ1v) is 8.63. The Morgan fingerprint density at radius 2 is 1.70 bits per heavy atom. The quantitative estimate of drug-likeness (QED) is 0.843. The first-order chi connectivity index (χ1) is 9.46. The third-order valence-corrected chi connectivity index (χ3v) is 6.61. The van der Waals surface area contributed by atoms with Crippen LogP contribution in [-0.2, 0) is 0 Å². The summed E-state index contributed by atoms with van der Waals surface area (Å²) in [6, 6.07) is 1.57. The van der Waals surface area contributed by atoms with Crippen molar-refractivity contribution < 1.29 is 0 Å². The van der Waals surface area contributed by atoms with Crippen LogP contribution in [0.1, 0.15) is 58.8 Å².